The summed E-state index contributed by atoms with van der Waals surface area (Å²) in [5.74, 6) is 0.806. The second-order valence-electron chi connectivity index (χ2n) is 3.66. The van der Waals surface area contributed by atoms with Gasteiger partial charge >= 0.3 is 0 Å². The Morgan fingerprint density at radius 3 is 2.80 bits per heavy atom. The van der Waals surface area contributed by atoms with E-state index >= 15 is 0 Å². The molecule has 1 aromatic rings. The van der Waals surface area contributed by atoms with Crippen LogP contribution in [0.4, 0.5) is 0 Å². The highest BCUT2D eigenvalue weighted by Crippen LogP contribution is 2.26. The van der Waals surface area contributed by atoms with Crippen LogP contribution < -0.4 is 10.5 Å². The van der Waals surface area contributed by atoms with Crippen LogP contribution in [-0.4, -0.2) is 16.9 Å². The predicted molar refractivity (Wildman–Crippen MR) is 60.9 cm³/mol. The van der Waals surface area contributed by atoms with Crippen LogP contribution in [0.5, 0.6) is 5.75 Å². The maximum absolute atomic E-state index is 6.14. The average Bonchev–Trinajstić information content (AvgIpc) is 2.68. The zero-order chi connectivity index (χ0) is 11.3. The van der Waals surface area contributed by atoms with Crippen molar-refractivity contribution >= 4 is 0 Å². The van der Waals surface area contributed by atoms with E-state index in [9.17, 15) is 0 Å². The molecule has 0 saturated carbocycles. The van der Waals surface area contributed by atoms with Gasteiger partial charge in [-0.1, -0.05) is 19.8 Å². The van der Waals surface area contributed by atoms with E-state index in [0.717, 1.165) is 37.3 Å². The monoisotopic (exact) mass is 211 g/mol. The molecule has 0 fully saturated rings. The van der Waals surface area contributed by atoms with Gasteiger partial charge in [-0.2, -0.15) is 5.10 Å². The van der Waals surface area contributed by atoms with Gasteiger partial charge in [-0.15, -0.1) is 0 Å². The summed E-state index contributed by atoms with van der Waals surface area (Å²) in [7, 11) is 1.66. The number of methoxy groups -OCH3 is 1. The first-order chi connectivity index (χ1) is 7.24. The first-order valence-electron chi connectivity index (χ1n) is 5.59. The summed E-state index contributed by atoms with van der Waals surface area (Å²) in [6.07, 6.45) is 5.03. The van der Waals surface area contributed by atoms with Gasteiger partial charge < -0.3 is 10.5 Å². The van der Waals surface area contributed by atoms with Crippen LogP contribution in [0.3, 0.4) is 0 Å². The van der Waals surface area contributed by atoms with Crippen molar-refractivity contribution in [3.63, 3.8) is 0 Å². The van der Waals surface area contributed by atoms with Crippen molar-refractivity contribution in [1.29, 1.82) is 0 Å². The van der Waals surface area contributed by atoms with E-state index in [1.165, 1.54) is 0 Å². The van der Waals surface area contributed by atoms with Gasteiger partial charge in [0.1, 0.15) is 0 Å². The van der Waals surface area contributed by atoms with E-state index in [2.05, 4.69) is 18.9 Å². The maximum Gasteiger partial charge on any atom is 0.161 e. The van der Waals surface area contributed by atoms with E-state index in [1.54, 1.807) is 13.3 Å². The Kier molecular flexibility index (Phi) is 4.62. The molecule has 4 heteroatoms. The quantitative estimate of drug-likeness (QED) is 0.784. The molecule has 1 heterocycles. The van der Waals surface area contributed by atoms with Crippen LogP contribution in [0.25, 0.3) is 0 Å². The number of nitrogens with zero attached hydrogens (tertiary/aromatic N) is 2. The van der Waals surface area contributed by atoms with Crippen LogP contribution in [0.15, 0.2) is 6.20 Å². The number of aromatic nitrogens is 2. The first-order valence-corrected chi connectivity index (χ1v) is 5.59. The number of rotatable bonds is 6. The largest absolute Gasteiger partial charge is 0.493 e. The Bertz CT molecular complexity index is 275. The third-order valence-electron chi connectivity index (χ3n) is 2.58. The van der Waals surface area contributed by atoms with Crippen LogP contribution in [0, 0.1) is 0 Å². The number of unbranched alkanes of at least 4 members (excludes halogenated alkanes) is 1. The normalized spacial score (nSPS) is 12.8. The van der Waals surface area contributed by atoms with Crippen molar-refractivity contribution in [2.24, 2.45) is 5.73 Å². The Labute approximate surface area is 91.4 Å². The Morgan fingerprint density at radius 1 is 1.53 bits per heavy atom. The summed E-state index contributed by atoms with van der Waals surface area (Å²) < 4.78 is 7.18. The zero-order valence-electron chi connectivity index (χ0n) is 9.86. The smallest absolute Gasteiger partial charge is 0.161 e. The summed E-state index contributed by atoms with van der Waals surface area (Å²) in [4.78, 5) is 0. The predicted octanol–water partition coefficient (Wildman–Crippen LogP) is 2.10. The lowest BCUT2D eigenvalue weighted by Gasteiger charge is -2.14. The van der Waals surface area contributed by atoms with Gasteiger partial charge in [0.05, 0.1) is 25.0 Å². The lowest BCUT2D eigenvalue weighted by Crippen LogP contribution is -2.16. The summed E-state index contributed by atoms with van der Waals surface area (Å²) in [6, 6.07) is 0.0300. The highest BCUT2D eigenvalue weighted by atomic mass is 16.5. The molecule has 0 amide bonds. The van der Waals surface area contributed by atoms with E-state index in [1.807, 2.05) is 4.68 Å². The number of hydrogen-bond donors (Lipinski definition) is 1. The molecule has 0 saturated heterocycles. The molecule has 1 rings (SSSR count). The van der Waals surface area contributed by atoms with Gasteiger partial charge in [-0.3, -0.25) is 4.68 Å². The number of nitrogens with two attached hydrogens (primary N) is 1. The minimum atomic E-state index is 0.0300. The van der Waals surface area contributed by atoms with E-state index in [4.69, 9.17) is 10.5 Å². The molecule has 1 aromatic heterocycles. The molecule has 0 bridgehead atoms. The SMILES string of the molecule is CCCCC(N)c1c(OC)cnn1CC. The Morgan fingerprint density at radius 2 is 2.27 bits per heavy atom. The van der Waals surface area contributed by atoms with Crippen molar-refractivity contribution in [3.8, 4) is 5.75 Å². The average molecular weight is 211 g/mol. The van der Waals surface area contributed by atoms with Crippen molar-refractivity contribution in [3.05, 3.63) is 11.9 Å². The molecule has 1 unspecified atom stereocenters. The molecule has 4 nitrogen and oxygen atoms in total. The summed E-state index contributed by atoms with van der Waals surface area (Å²) in [6.45, 7) is 5.06. The zero-order valence-corrected chi connectivity index (χ0v) is 9.86. The maximum atomic E-state index is 6.14. The molecule has 0 aliphatic heterocycles. The van der Waals surface area contributed by atoms with Crippen molar-refractivity contribution in [2.45, 2.75) is 45.7 Å². The highest BCUT2D eigenvalue weighted by Gasteiger charge is 2.17. The van der Waals surface area contributed by atoms with Crippen LogP contribution in [0.1, 0.15) is 44.8 Å². The molecule has 15 heavy (non-hydrogen) atoms. The molecular formula is C11H21N3O. The minimum Gasteiger partial charge on any atom is -0.493 e. The first kappa shape index (κ1) is 12.0. The molecule has 2 N–H and O–H groups in total. The summed E-state index contributed by atoms with van der Waals surface area (Å²) in [5.41, 5.74) is 7.16. The second kappa shape index (κ2) is 5.75. The molecule has 0 aliphatic carbocycles. The van der Waals surface area contributed by atoms with Crippen LogP contribution in [-0.2, 0) is 6.54 Å². The van der Waals surface area contributed by atoms with Gasteiger partial charge in [0.15, 0.2) is 5.75 Å². The second-order valence-corrected chi connectivity index (χ2v) is 3.66. The fraction of sp³-hybridized carbons (Fsp3) is 0.727. The lowest BCUT2D eigenvalue weighted by atomic mass is 10.1. The fourth-order valence-electron chi connectivity index (χ4n) is 1.72. The number of aryl methyl sites for hydroxylation is 1. The van der Waals surface area contributed by atoms with Crippen LogP contribution >= 0.6 is 0 Å². The van der Waals surface area contributed by atoms with Crippen molar-refractivity contribution in [2.75, 3.05) is 7.11 Å². The van der Waals surface area contributed by atoms with Gasteiger partial charge in [0.25, 0.3) is 0 Å². The van der Waals surface area contributed by atoms with E-state index < -0.39 is 0 Å². The number of ether oxygens (including phenoxy) is 1. The van der Waals surface area contributed by atoms with Crippen molar-refractivity contribution < 1.29 is 4.74 Å². The minimum absolute atomic E-state index is 0.0300. The molecular weight excluding hydrogens is 190 g/mol. The molecule has 1 atom stereocenters. The molecule has 0 radical (unpaired) electrons. The number of hydrogen-bond acceptors (Lipinski definition) is 3. The molecule has 86 valence electrons. The van der Waals surface area contributed by atoms with E-state index in [0.29, 0.717) is 0 Å². The molecule has 0 aromatic carbocycles. The standard InChI is InChI=1S/C11H21N3O/c1-4-6-7-9(12)11-10(15-3)8-13-14(11)5-2/h8-9H,4-7,12H2,1-3H3. The third kappa shape index (κ3) is 2.72. The van der Waals surface area contributed by atoms with Gasteiger partial charge in [-0.25, -0.2) is 0 Å². The lowest BCUT2D eigenvalue weighted by molar-refractivity contribution is 0.398. The molecule has 0 aliphatic rings. The van der Waals surface area contributed by atoms with Crippen molar-refractivity contribution in [1.82, 2.24) is 9.78 Å². The topological polar surface area (TPSA) is 53.1 Å². The summed E-state index contributed by atoms with van der Waals surface area (Å²) >= 11 is 0. The van der Waals surface area contributed by atoms with Gasteiger partial charge in [0, 0.05) is 6.54 Å². The Hall–Kier alpha value is -1.03. The fourth-order valence-corrected chi connectivity index (χ4v) is 1.72. The third-order valence-corrected chi connectivity index (χ3v) is 2.58. The van der Waals surface area contributed by atoms with Gasteiger partial charge in [-0.05, 0) is 13.3 Å². The van der Waals surface area contributed by atoms with Gasteiger partial charge in [0.2, 0.25) is 0 Å². The van der Waals surface area contributed by atoms with E-state index in [-0.39, 0.29) is 6.04 Å². The summed E-state index contributed by atoms with van der Waals surface area (Å²) in [5, 5.41) is 4.25. The highest BCUT2D eigenvalue weighted by molar-refractivity contribution is 5.28. The molecule has 0 spiro atoms. The van der Waals surface area contributed by atoms with Crippen LogP contribution in [0.2, 0.25) is 0 Å². The Balaban J connectivity index is 2.83.